The van der Waals surface area contributed by atoms with E-state index in [1.165, 1.54) is 0 Å². The van der Waals surface area contributed by atoms with Gasteiger partial charge < -0.3 is 15.4 Å². The second kappa shape index (κ2) is 5.07. The predicted molar refractivity (Wildman–Crippen MR) is 62.7 cm³/mol. The molecule has 0 bridgehead atoms. The van der Waals surface area contributed by atoms with Crippen LogP contribution in [0.2, 0.25) is 0 Å². The van der Waals surface area contributed by atoms with Crippen LogP contribution in [0.3, 0.4) is 0 Å². The van der Waals surface area contributed by atoms with E-state index in [0.29, 0.717) is 19.0 Å². The minimum Gasteiger partial charge on any atom is -0.481 e. The molecule has 1 aliphatic heterocycles. The number of ether oxygens (including phenoxy) is 1. The first-order valence-corrected chi connectivity index (χ1v) is 5.71. The van der Waals surface area contributed by atoms with Crippen LogP contribution < -0.4 is 15.4 Å². The van der Waals surface area contributed by atoms with Gasteiger partial charge in [0.15, 0.2) is 0 Å². The quantitative estimate of drug-likeness (QED) is 0.733. The third-order valence-corrected chi connectivity index (χ3v) is 2.89. The minimum atomic E-state index is -0.275. The second-order valence-electron chi connectivity index (χ2n) is 4.22. The van der Waals surface area contributed by atoms with E-state index in [9.17, 15) is 9.59 Å². The highest BCUT2D eigenvalue weighted by Crippen LogP contribution is 2.12. The summed E-state index contributed by atoms with van der Waals surface area (Å²) >= 11 is 0. The molecule has 98 valence electrons. The van der Waals surface area contributed by atoms with Crippen molar-refractivity contribution >= 4 is 11.8 Å². The molecule has 2 amide bonds. The van der Waals surface area contributed by atoms with Gasteiger partial charge in [0.25, 0.3) is 0 Å². The summed E-state index contributed by atoms with van der Waals surface area (Å²) in [4.78, 5) is 22.8. The second-order valence-corrected chi connectivity index (χ2v) is 4.22. The molecule has 1 unspecified atom stereocenters. The topological polar surface area (TPSA) is 85.2 Å². The molecule has 1 aromatic heterocycles. The molecule has 2 heterocycles. The van der Waals surface area contributed by atoms with Gasteiger partial charge in [0.05, 0.1) is 25.3 Å². The molecule has 0 aromatic carbocycles. The minimum absolute atomic E-state index is 0.0744. The van der Waals surface area contributed by atoms with Crippen LogP contribution in [0.5, 0.6) is 5.88 Å². The molecular weight excluding hydrogens is 236 g/mol. The number of hydrogen-bond donors (Lipinski definition) is 2. The Balaban J connectivity index is 1.87. The number of nitrogens with zero attached hydrogens (tertiary/aromatic N) is 2. The van der Waals surface area contributed by atoms with Crippen LogP contribution in [0.1, 0.15) is 12.1 Å². The number of carbonyl (C=O) groups is 2. The van der Waals surface area contributed by atoms with E-state index in [-0.39, 0.29) is 24.2 Å². The highest BCUT2D eigenvalue weighted by molar-refractivity contribution is 5.89. The summed E-state index contributed by atoms with van der Waals surface area (Å²) in [6, 6.07) is 1.76. The molecule has 0 spiro atoms. The van der Waals surface area contributed by atoms with Gasteiger partial charge in [0, 0.05) is 26.1 Å². The Bertz CT molecular complexity index is 469. The lowest BCUT2D eigenvalue weighted by Gasteiger charge is -2.07. The lowest BCUT2D eigenvalue weighted by Crippen LogP contribution is -2.31. The maximum atomic E-state index is 11.8. The number of aromatic nitrogens is 2. The molecule has 1 aromatic rings. The monoisotopic (exact) mass is 252 g/mol. The van der Waals surface area contributed by atoms with Crippen LogP contribution in [-0.4, -0.2) is 35.2 Å². The molecular formula is C11H16N4O3. The Labute approximate surface area is 104 Å². The molecule has 7 nitrogen and oxygen atoms in total. The third-order valence-electron chi connectivity index (χ3n) is 2.89. The highest BCUT2D eigenvalue weighted by Gasteiger charge is 2.27. The highest BCUT2D eigenvalue weighted by atomic mass is 16.5. The Kier molecular flexibility index (Phi) is 3.50. The van der Waals surface area contributed by atoms with E-state index in [0.717, 1.165) is 5.69 Å². The van der Waals surface area contributed by atoms with Gasteiger partial charge in [-0.15, -0.1) is 0 Å². The number of carbonyl (C=O) groups excluding carboxylic acids is 2. The van der Waals surface area contributed by atoms with Crippen LogP contribution in [0.25, 0.3) is 0 Å². The Hall–Kier alpha value is -2.05. The smallest absolute Gasteiger partial charge is 0.225 e. The molecule has 2 N–H and O–H groups in total. The van der Waals surface area contributed by atoms with E-state index in [2.05, 4.69) is 15.7 Å². The Morgan fingerprint density at radius 2 is 2.50 bits per heavy atom. The molecule has 1 atom stereocenters. The number of rotatable bonds is 4. The van der Waals surface area contributed by atoms with Crippen LogP contribution in [0.15, 0.2) is 6.07 Å². The summed E-state index contributed by atoms with van der Waals surface area (Å²) in [6.07, 6.45) is 0.261. The van der Waals surface area contributed by atoms with Crippen molar-refractivity contribution in [1.82, 2.24) is 20.4 Å². The first-order valence-electron chi connectivity index (χ1n) is 5.71. The van der Waals surface area contributed by atoms with Crippen LogP contribution in [-0.2, 0) is 23.2 Å². The van der Waals surface area contributed by atoms with Gasteiger partial charge in [-0.05, 0) is 0 Å². The lowest BCUT2D eigenvalue weighted by atomic mass is 10.1. The summed E-state index contributed by atoms with van der Waals surface area (Å²) < 4.78 is 6.68. The lowest BCUT2D eigenvalue weighted by molar-refractivity contribution is -0.126. The summed E-state index contributed by atoms with van der Waals surface area (Å²) in [7, 11) is 3.33. The fourth-order valence-electron chi connectivity index (χ4n) is 1.90. The molecule has 0 saturated carbocycles. The fraction of sp³-hybridized carbons (Fsp3) is 0.545. The zero-order chi connectivity index (χ0) is 13.1. The van der Waals surface area contributed by atoms with E-state index in [4.69, 9.17) is 4.74 Å². The third kappa shape index (κ3) is 2.61. The van der Waals surface area contributed by atoms with Crippen molar-refractivity contribution < 1.29 is 14.3 Å². The number of nitrogens with one attached hydrogen (secondary N) is 2. The molecule has 0 aliphatic carbocycles. The average Bonchev–Trinajstić information content (AvgIpc) is 2.92. The van der Waals surface area contributed by atoms with Crippen molar-refractivity contribution in [2.75, 3.05) is 13.7 Å². The van der Waals surface area contributed by atoms with E-state index >= 15 is 0 Å². The average molecular weight is 252 g/mol. The van der Waals surface area contributed by atoms with Crippen molar-refractivity contribution in [3.63, 3.8) is 0 Å². The largest absolute Gasteiger partial charge is 0.481 e. The molecule has 2 rings (SSSR count). The maximum absolute atomic E-state index is 11.8. The van der Waals surface area contributed by atoms with E-state index in [1.807, 2.05) is 0 Å². The number of amides is 2. The first kappa shape index (κ1) is 12.4. The number of hydrogen-bond acceptors (Lipinski definition) is 4. The normalized spacial score (nSPS) is 18.6. The predicted octanol–water partition coefficient (Wildman–Crippen LogP) is -0.819. The molecule has 1 aliphatic rings. The molecule has 7 heteroatoms. The van der Waals surface area contributed by atoms with Gasteiger partial charge in [0.2, 0.25) is 17.7 Å². The van der Waals surface area contributed by atoms with Crippen molar-refractivity contribution in [2.45, 2.75) is 13.0 Å². The van der Waals surface area contributed by atoms with E-state index < -0.39 is 0 Å². The van der Waals surface area contributed by atoms with Gasteiger partial charge >= 0.3 is 0 Å². The molecule has 1 saturated heterocycles. The van der Waals surface area contributed by atoms with Gasteiger partial charge in [-0.3, -0.25) is 9.59 Å². The van der Waals surface area contributed by atoms with Crippen LogP contribution in [0.4, 0.5) is 0 Å². The summed E-state index contributed by atoms with van der Waals surface area (Å²) in [5, 5.41) is 9.58. The van der Waals surface area contributed by atoms with Gasteiger partial charge in [-0.1, -0.05) is 0 Å². The molecule has 0 radical (unpaired) electrons. The number of aryl methyl sites for hydroxylation is 1. The number of methoxy groups -OCH3 is 1. The fourth-order valence-corrected chi connectivity index (χ4v) is 1.90. The van der Waals surface area contributed by atoms with Gasteiger partial charge in [-0.2, -0.15) is 5.10 Å². The van der Waals surface area contributed by atoms with Crippen molar-refractivity contribution in [3.8, 4) is 5.88 Å². The zero-order valence-electron chi connectivity index (χ0n) is 10.4. The molecule has 18 heavy (non-hydrogen) atoms. The van der Waals surface area contributed by atoms with Crippen LogP contribution in [0, 0.1) is 5.92 Å². The van der Waals surface area contributed by atoms with Crippen LogP contribution >= 0.6 is 0 Å². The first-order chi connectivity index (χ1) is 8.60. The SMILES string of the molecule is COc1cc(CNC(=O)C2CNC(=O)C2)nn1C. The van der Waals surface area contributed by atoms with Crippen molar-refractivity contribution in [2.24, 2.45) is 13.0 Å². The Morgan fingerprint density at radius 1 is 1.72 bits per heavy atom. The van der Waals surface area contributed by atoms with E-state index in [1.54, 1.807) is 24.9 Å². The maximum Gasteiger partial charge on any atom is 0.225 e. The van der Waals surface area contributed by atoms with Crippen molar-refractivity contribution in [1.29, 1.82) is 0 Å². The standard InChI is InChI=1S/C11H16N4O3/c1-15-10(18-2)4-8(14-15)6-13-11(17)7-3-9(16)12-5-7/h4,7H,3,5-6H2,1-2H3,(H,12,16)(H,13,17). The summed E-state index contributed by atoms with van der Waals surface area (Å²) in [6.45, 7) is 0.747. The van der Waals surface area contributed by atoms with Gasteiger partial charge in [-0.25, -0.2) is 4.68 Å². The summed E-state index contributed by atoms with van der Waals surface area (Å²) in [5.41, 5.74) is 0.722. The Morgan fingerprint density at radius 3 is 3.06 bits per heavy atom. The van der Waals surface area contributed by atoms with Crippen molar-refractivity contribution in [3.05, 3.63) is 11.8 Å². The zero-order valence-corrected chi connectivity index (χ0v) is 10.4. The van der Waals surface area contributed by atoms with Gasteiger partial charge in [0.1, 0.15) is 0 Å². The molecule has 1 fully saturated rings. The summed E-state index contributed by atoms with van der Waals surface area (Å²) in [5.74, 6) is 0.160.